The number of anilines is 1. The molecule has 5 nitrogen and oxygen atoms in total. The summed E-state index contributed by atoms with van der Waals surface area (Å²) in [7, 11) is 0. The van der Waals surface area contributed by atoms with Gasteiger partial charge >= 0.3 is 6.18 Å². The number of pyridine rings is 1. The fraction of sp³-hybridized carbons (Fsp3) is 0.438. The normalized spacial score (nSPS) is 23.1. The monoisotopic (exact) mass is 335 g/mol. The van der Waals surface area contributed by atoms with Crippen LogP contribution in [0.15, 0.2) is 24.5 Å². The van der Waals surface area contributed by atoms with Crippen molar-refractivity contribution in [2.24, 2.45) is 0 Å². The molecule has 126 valence electrons. The maximum Gasteiger partial charge on any atom is 0.434 e. The third-order valence-corrected chi connectivity index (χ3v) is 4.68. The van der Waals surface area contributed by atoms with Gasteiger partial charge in [0.15, 0.2) is 11.5 Å². The van der Waals surface area contributed by atoms with Gasteiger partial charge in [-0.1, -0.05) is 0 Å². The summed E-state index contributed by atoms with van der Waals surface area (Å²) in [5.74, 6) is 0.375. The Hall–Kier alpha value is -2.22. The Bertz CT molecular complexity index is 754. The topological polar surface area (TPSA) is 62.7 Å². The first-order valence-electron chi connectivity index (χ1n) is 7.84. The van der Waals surface area contributed by atoms with E-state index in [0.29, 0.717) is 12.2 Å². The third kappa shape index (κ3) is 2.60. The van der Waals surface area contributed by atoms with Gasteiger partial charge in [0.1, 0.15) is 5.82 Å². The molecule has 2 aromatic rings. The summed E-state index contributed by atoms with van der Waals surface area (Å²) in [5.41, 5.74) is -0.414. The highest BCUT2D eigenvalue weighted by molar-refractivity contribution is 5.65. The second-order valence-corrected chi connectivity index (χ2v) is 6.29. The molecule has 4 rings (SSSR count). The van der Waals surface area contributed by atoms with Gasteiger partial charge in [0, 0.05) is 18.9 Å². The van der Waals surface area contributed by atoms with Crippen LogP contribution in [0.25, 0.3) is 11.4 Å². The van der Waals surface area contributed by atoms with Gasteiger partial charge in [0.05, 0.1) is 11.1 Å². The van der Waals surface area contributed by atoms with Crippen LogP contribution in [0.5, 0.6) is 0 Å². The Morgan fingerprint density at radius 1 is 1.12 bits per heavy atom. The van der Waals surface area contributed by atoms with Crippen LogP contribution in [-0.2, 0) is 12.6 Å². The molecule has 2 aromatic heterocycles. The minimum absolute atomic E-state index is 0.0444. The van der Waals surface area contributed by atoms with Crippen molar-refractivity contribution in [3.8, 4) is 11.4 Å². The van der Waals surface area contributed by atoms with E-state index < -0.39 is 11.9 Å². The lowest BCUT2D eigenvalue weighted by Gasteiger charge is -2.36. The Kier molecular flexibility index (Phi) is 3.45. The number of nitrogens with one attached hydrogen (secondary N) is 2. The van der Waals surface area contributed by atoms with Gasteiger partial charge in [0.25, 0.3) is 0 Å². The minimum atomic E-state index is -4.57. The van der Waals surface area contributed by atoms with E-state index >= 15 is 0 Å². The van der Waals surface area contributed by atoms with Crippen LogP contribution < -0.4 is 10.6 Å². The summed E-state index contributed by atoms with van der Waals surface area (Å²) in [6.45, 7) is 1.61. The second kappa shape index (κ2) is 5.41. The maximum absolute atomic E-state index is 13.5. The summed E-state index contributed by atoms with van der Waals surface area (Å²) >= 11 is 0. The number of hydrogen-bond donors (Lipinski definition) is 2. The number of halogens is 3. The Balaban J connectivity index is 1.82. The van der Waals surface area contributed by atoms with Crippen LogP contribution in [0.2, 0.25) is 0 Å². The van der Waals surface area contributed by atoms with Gasteiger partial charge < -0.3 is 10.6 Å². The molecule has 0 aromatic carbocycles. The fourth-order valence-electron chi connectivity index (χ4n) is 3.43. The zero-order valence-corrected chi connectivity index (χ0v) is 12.8. The maximum atomic E-state index is 13.5. The zero-order chi connectivity index (χ0) is 16.8. The molecule has 1 spiro atoms. The number of rotatable bonds is 1. The van der Waals surface area contributed by atoms with Gasteiger partial charge in [-0.3, -0.25) is 0 Å². The van der Waals surface area contributed by atoms with E-state index in [1.807, 2.05) is 0 Å². The molecule has 2 aliphatic rings. The van der Waals surface area contributed by atoms with Crippen molar-refractivity contribution < 1.29 is 13.2 Å². The molecule has 0 bridgehead atoms. The molecule has 0 aliphatic carbocycles. The van der Waals surface area contributed by atoms with E-state index in [2.05, 4.69) is 25.6 Å². The molecule has 8 heteroatoms. The predicted octanol–water partition coefficient (Wildman–Crippen LogP) is 2.65. The number of aryl methyl sites for hydroxylation is 1. The first-order chi connectivity index (χ1) is 11.5. The molecule has 2 N–H and O–H groups in total. The molecular formula is C16H16F3N5. The summed E-state index contributed by atoms with van der Waals surface area (Å²) in [5, 5.41) is 6.51. The Morgan fingerprint density at radius 2 is 1.92 bits per heavy atom. The summed E-state index contributed by atoms with van der Waals surface area (Å²) in [4.78, 5) is 11.9. The molecule has 1 fully saturated rings. The van der Waals surface area contributed by atoms with Gasteiger partial charge in [0.2, 0.25) is 0 Å². The van der Waals surface area contributed by atoms with E-state index in [4.69, 9.17) is 0 Å². The summed E-state index contributed by atoms with van der Waals surface area (Å²) in [6.07, 6.45) is 0.742. The minimum Gasteiger partial charge on any atom is -0.363 e. The molecule has 1 saturated heterocycles. The van der Waals surface area contributed by atoms with E-state index in [-0.39, 0.29) is 16.9 Å². The molecule has 1 unspecified atom stereocenters. The molecule has 0 saturated carbocycles. The molecular weight excluding hydrogens is 319 g/mol. The first kappa shape index (κ1) is 15.3. The van der Waals surface area contributed by atoms with Crippen LogP contribution in [0.3, 0.4) is 0 Å². The van der Waals surface area contributed by atoms with Crippen molar-refractivity contribution in [1.29, 1.82) is 0 Å². The molecule has 1 atom stereocenters. The van der Waals surface area contributed by atoms with E-state index in [1.165, 1.54) is 18.5 Å². The quantitative estimate of drug-likeness (QED) is 0.839. The van der Waals surface area contributed by atoms with E-state index in [9.17, 15) is 13.2 Å². The fourth-order valence-corrected chi connectivity index (χ4v) is 3.43. The third-order valence-electron chi connectivity index (χ3n) is 4.68. The highest BCUT2D eigenvalue weighted by Gasteiger charge is 2.41. The van der Waals surface area contributed by atoms with Crippen LogP contribution in [0.1, 0.15) is 24.1 Å². The van der Waals surface area contributed by atoms with Gasteiger partial charge in [-0.15, -0.1) is 0 Å². The standard InChI is InChI=1S/C16H16F3N5/c17-16(18,19)12-11(14-21-5-1-6-22-14)8-10-2-3-15(4-7-20-9-15)24-13(10)23-12/h1,5-6,8,20H,2-4,7,9H2,(H,23,24). The Labute approximate surface area is 136 Å². The van der Waals surface area contributed by atoms with Crippen molar-refractivity contribution >= 4 is 5.82 Å². The van der Waals surface area contributed by atoms with Gasteiger partial charge in [-0.05, 0) is 43.5 Å². The molecule has 2 aliphatic heterocycles. The van der Waals surface area contributed by atoms with Crippen molar-refractivity contribution in [1.82, 2.24) is 20.3 Å². The highest BCUT2D eigenvalue weighted by Crippen LogP contribution is 2.40. The highest BCUT2D eigenvalue weighted by atomic mass is 19.4. The molecule has 0 amide bonds. The second-order valence-electron chi connectivity index (χ2n) is 6.29. The largest absolute Gasteiger partial charge is 0.434 e. The lowest BCUT2D eigenvalue weighted by Crippen LogP contribution is -2.44. The van der Waals surface area contributed by atoms with Crippen molar-refractivity contribution in [2.45, 2.75) is 31.0 Å². The first-order valence-corrected chi connectivity index (χ1v) is 7.84. The van der Waals surface area contributed by atoms with Crippen molar-refractivity contribution in [3.05, 3.63) is 35.8 Å². The molecule has 0 radical (unpaired) electrons. The van der Waals surface area contributed by atoms with Gasteiger partial charge in [-0.2, -0.15) is 13.2 Å². The summed E-state index contributed by atoms with van der Waals surface area (Å²) < 4.78 is 40.5. The number of alkyl halides is 3. The van der Waals surface area contributed by atoms with Crippen LogP contribution >= 0.6 is 0 Å². The lowest BCUT2D eigenvalue weighted by atomic mass is 9.86. The smallest absolute Gasteiger partial charge is 0.363 e. The lowest BCUT2D eigenvalue weighted by molar-refractivity contribution is -0.140. The van der Waals surface area contributed by atoms with Crippen molar-refractivity contribution in [3.63, 3.8) is 0 Å². The average molecular weight is 335 g/mol. The van der Waals surface area contributed by atoms with E-state index in [1.54, 1.807) is 6.07 Å². The zero-order valence-electron chi connectivity index (χ0n) is 12.8. The molecule has 4 heterocycles. The summed E-state index contributed by atoms with van der Waals surface area (Å²) in [6, 6.07) is 3.10. The van der Waals surface area contributed by atoms with Crippen molar-refractivity contribution in [2.75, 3.05) is 18.4 Å². The SMILES string of the molecule is FC(F)(F)c1nc2c(cc1-c1ncccn1)CCC1(CCNC1)N2. The Morgan fingerprint density at radius 3 is 2.58 bits per heavy atom. The number of hydrogen-bond acceptors (Lipinski definition) is 5. The number of aromatic nitrogens is 3. The number of fused-ring (bicyclic) bond motifs is 1. The average Bonchev–Trinajstić information content (AvgIpc) is 3.01. The van der Waals surface area contributed by atoms with Crippen LogP contribution in [0.4, 0.5) is 19.0 Å². The number of nitrogens with zero attached hydrogens (tertiary/aromatic N) is 3. The van der Waals surface area contributed by atoms with E-state index in [0.717, 1.165) is 31.5 Å². The van der Waals surface area contributed by atoms with Crippen LogP contribution in [-0.4, -0.2) is 33.6 Å². The molecule has 24 heavy (non-hydrogen) atoms. The van der Waals surface area contributed by atoms with Gasteiger partial charge in [-0.25, -0.2) is 15.0 Å². The predicted molar refractivity (Wildman–Crippen MR) is 82.4 cm³/mol. The van der Waals surface area contributed by atoms with Crippen LogP contribution in [0, 0.1) is 0 Å².